The number of phenolic OH excluding ortho intramolecular Hbond substituents is 1. The number of phenols is 1. The number of fused-ring (bicyclic) bond motifs is 1. The summed E-state index contributed by atoms with van der Waals surface area (Å²) in [5.74, 6) is 1.22. The number of ether oxygens (including phenoxy) is 2. The Bertz CT molecular complexity index is 1260. The Balaban J connectivity index is 1.40. The van der Waals surface area contributed by atoms with Crippen molar-refractivity contribution in [2.75, 3.05) is 32.9 Å². The van der Waals surface area contributed by atoms with E-state index in [1.807, 2.05) is 31.2 Å². The molecule has 0 unspecified atom stereocenters. The predicted molar refractivity (Wildman–Crippen MR) is 133 cm³/mol. The fourth-order valence-electron chi connectivity index (χ4n) is 4.70. The molecule has 4 nitrogen and oxygen atoms in total. The van der Waals surface area contributed by atoms with Gasteiger partial charge in [0.1, 0.15) is 35.8 Å². The minimum absolute atomic E-state index is 0.0343. The Kier molecular flexibility index (Phi) is 6.67. The molecule has 2 aliphatic rings. The molecule has 0 spiro atoms. The van der Waals surface area contributed by atoms with Crippen molar-refractivity contribution in [3.8, 4) is 17.2 Å². The van der Waals surface area contributed by atoms with Crippen molar-refractivity contribution >= 4 is 22.7 Å². The highest BCUT2D eigenvalue weighted by Gasteiger charge is 2.30. The van der Waals surface area contributed by atoms with Crippen LogP contribution in [0.3, 0.4) is 0 Å². The Hall–Kier alpha value is -3.09. The summed E-state index contributed by atoms with van der Waals surface area (Å²) >= 11 is 6.11. The molecule has 2 heterocycles. The van der Waals surface area contributed by atoms with E-state index < -0.39 is 11.9 Å². The summed E-state index contributed by atoms with van der Waals surface area (Å²) in [4.78, 5) is 2.18. The molecule has 7 heteroatoms. The number of rotatable bonds is 7. The molecule has 0 saturated carbocycles. The lowest BCUT2D eigenvalue weighted by molar-refractivity contribution is 0.0668. The second-order valence-electron chi connectivity index (χ2n) is 9.04. The van der Waals surface area contributed by atoms with Crippen molar-refractivity contribution in [2.45, 2.75) is 13.0 Å². The number of hydrogen-bond donors (Lipinski definition) is 1. The summed E-state index contributed by atoms with van der Waals surface area (Å²) in [7, 11) is 0. The minimum Gasteiger partial charge on any atom is -0.508 e. The largest absolute Gasteiger partial charge is 0.508 e. The van der Waals surface area contributed by atoms with Crippen molar-refractivity contribution in [1.29, 1.82) is 0 Å². The molecule has 0 aromatic heterocycles. The highest BCUT2D eigenvalue weighted by molar-refractivity contribution is 6.31. The monoisotopic (exact) mass is 497 g/mol. The molecule has 1 atom stereocenters. The molecule has 182 valence electrons. The smallest absolute Gasteiger partial charge is 0.150 e. The van der Waals surface area contributed by atoms with Gasteiger partial charge in [0.15, 0.2) is 0 Å². The first-order valence-corrected chi connectivity index (χ1v) is 12.0. The van der Waals surface area contributed by atoms with Crippen LogP contribution >= 0.6 is 11.6 Å². The normalized spacial score (nSPS) is 18.1. The van der Waals surface area contributed by atoms with Crippen LogP contribution in [0.4, 0.5) is 8.78 Å². The van der Waals surface area contributed by atoms with Crippen molar-refractivity contribution in [3.63, 3.8) is 0 Å². The van der Waals surface area contributed by atoms with Gasteiger partial charge in [-0.05, 0) is 66.1 Å². The van der Waals surface area contributed by atoms with Crippen molar-refractivity contribution < 1.29 is 23.4 Å². The molecule has 5 rings (SSSR count). The molecule has 1 fully saturated rings. The zero-order chi connectivity index (χ0) is 24.5. The summed E-state index contributed by atoms with van der Waals surface area (Å²) in [5, 5.41) is 10.1. The fraction of sp³-hybridized carbons (Fsp3) is 0.286. The maximum absolute atomic E-state index is 13.9. The fourth-order valence-corrected chi connectivity index (χ4v) is 4.88. The van der Waals surface area contributed by atoms with Crippen LogP contribution in [0.5, 0.6) is 17.2 Å². The SMILES string of the molecule is CC1=C(c2ccc(F)c(Cl)c2)[C@H](c2ccc(OCCN3CC(CF)C3)cc2)Oc2ccc(O)cc21. The molecule has 35 heavy (non-hydrogen) atoms. The molecule has 0 amide bonds. The van der Waals surface area contributed by atoms with Gasteiger partial charge in [0.25, 0.3) is 0 Å². The van der Waals surface area contributed by atoms with Gasteiger partial charge in [-0.15, -0.1) is 0 Å². The van der Waals surface area contributed by atoms with Crippen molar-refractivity contribution in [1.82, 2.24) is 4.90 Å². The molecular formula is C28H26ClF2NO3. The highest BCUT2D eigenvalue weighted by Crippen LogP contribution is 2.47. The van der Waals surface area contributed by atoms with Crippen LogP contribution in [-0.2, 0) is 0 Å². The number of halogens is 3. The molecule has 0 bridgehead atoms. The van der Waals surface area contributed by atoms with Gasteiger partial charge < -0.3 is 14.6 Å². The lowest BCUT2D eigenvalue weighted by Crippen LogP contribution is -2.49. The molecule has 0 radical (unpaired) electrons. The van der Waals surface area contributed by atoms with E-state index in [-0.39, 0.29) is 23.4 Å². The van der Waals surface area contributed by atoms with Gasteiger partial charge in [-0.2, -0.15) is 0 Å². The number of hydrogen-bond acceptors (Lipinski definition) is 4. The van der Waals surface area contributed by atoms with Gasteiger partial charge in [-0.3, -0.25) is 9.29 Å². The molecule has 1 N–H and O–H groups in total. The lowest BCUT2D eigenvalue weighted by atomic mass is 9.86. The zero-order valence-electron chi connectivity index (χ0n) is 19.3. The Morgan fingerprint density at radius 2 is 1.86 bits per heavy atom. The highest BCUT2D eigenvalue weighted by atomic mass is 35.5. The third kappa shape index (κ3) is 4.86. The van der Waals surface area contributed by atoms with E-state index in [1.54, 1.807) is 30.3 Å². The standard InChI is InChI=1S/C28H26ClF2NO3/c1-17-23-13-21(33)5-9-26(23)35-28(27(17)20-4-8-25(31)24(29)12-20)19-2-6-22(7-3-19)34-11-10-32-15-18(14-30)16-32/h2-9,12-13,18,28,33H,10-11,14-16H2,1H3/t28-/m0/s1. The van der Waals surface area contributed by atoms with E-state index in [1.165, 1.54) is 6.07 Å². The maximum Gasteiger partial charge on any atom is 0.150 e. The first kappa shape index (κ1) is 23.6. The van der Waals surface area contributed by atoms with Gasteiger partial charge in [0.2, 0.25) is 0 Å². The van der Waals surface area contributed by atoms with E-state index in [4.69, 9.17) is 21.1 Å². The van der Waals surface area contributed by atoms with Crippen LogP contribution < -0.4 is 9.47 Å². The van der Waals surface area contributed by atoms with Crippen molar-refractivity contribution in [2.24, 2.45) is 5.92 Å². The maximum atomic E-state index is 13.9. The molecule has 0 aliphatic carbocycles. The Labute approximate surface area is 208 Å². The van der Waals surface area contributed by atoms with Gasteiger partial charge in [-0.1, -0.05) is 29.8 Å². The first-order valence-electron chi connectivity index (χ1n) is 11.6. The van der Waals surface area contributed by atoms with Crippen LogP contribution in [0.25, 0.3) is 11.1 Å². The van der Waals surface area contributed by atoms with Crippen LogP contribution in [-0.4, -0.2) is 42.9 Å². The van der Waals surface area contributed by atoms with Gasteiger partial charge in [-0.25, -0.2) is 4.39 Å². The molecule has 3 aromatic carbocycles. The summed E-state index contributed by atoms with van der Waals surface area (Å²) in [6, 6.07) is 17.3. The molecule has 1 saturated heterocycles. The second-order valence-corrected chi connectivity index (χ2v) is 9.45. The quantitative estimate of drug-likeness (QED) is 0.403. The van der Waals surface area contributed by atoms with E-state index in [9.17, 15) is 13.9 Å². The topological polar surface area (TPSA) is 41.9 Å². The van der Waals surface area contributed by atoms with E-state index in [0.717, 1.165) is 53.2 Å². The Morgan fingerprint density at radius 3 is 2.57 bits per heavy atom. The van der Waals surface area contributed by atoms with Crippen molar-refractivity contribution in [3.05, 3.63) is 88.2 Å². The van der Waals surface area contributed by atoms with Crippen LogP contribution in [0.2, 0.25) is 5.02 Å². The lowest BCUT2D eigenvalue weighted by Gasteiger charge is -2.37. The average molecular weight is 498 g/mol. The summed E-state index contributed by atoms with van der Waals surface area (Å²) < 4.78 is 38.7. The number of benzene rings is 3. The third-order valence-corrected chi connectivity index (χ3v) is 6.91. The predicted octanol–water partition coefficient (Wildman–Crippen LogP) is 6.53. The summed E-state index contributed by atoms with van der Waals surface area (Å²) in [6.45, 7) is 4.59. The number of alkyl halides is 1. The molecule has 2 aliphatic heterocycles. The van der Waals surface area contributed by atoms with E-state index >= 15 is 0 Å². The minimum atomic E-state index is -0.486. The van der Waals surface area contributed by atoms with Gasteiger partial charge in [0.05, 0.1) is 11.7 Å². The Morgan fingerprint density at radius 1 is 1.09 bits per heavy atom. The number of aromatic hydroxyl groups is 1. The zero-order valence-corrected chi connectivity index (χ0v) is 20.1. The number of nitrogens with zero attached hydrogens (tertiary/aromatic N) is 1. The molecule has 3 aromatic rings. The summed E-state index contributed by atoms with van der Waals surface area (Å²) in [6.07, 6.45) is -0.457. The average Bonchev–Trinajstić information content (AvgIpc) is 2.83. The van der Waals surface area contributed by atoms with Crippen LogP contribution in [0.15, 0.2) is 60.7 Å². The van der Waals surface area contributed by atoms with Gasteiger partial charge >= 0.3 is 0 Å². The van der Waals surface area contributed by atoms with Crippen LogP contribution in [0, 0.1) is 11.7 Å². The van der Waals surface area contributed by atoms with Crippen LogP contribution in [0.1, 0.15) is 29.7 Å². The van der Waals surface area contributed by atoms with E-state index in [0.29, 0.717) is 12.4 Å². The second kappa shape index (κ2) is 9.88. The first-order chi connectivity index (χ1) is 16.9. The van der Waals surface area contributed by atoms with E-state index in [2.05, 4.69) is 4.90 Å². The van der Waals surface area contributed by atoms with Gasteiger partial charge in [0, 0.05) is 36.7 Å². The molecular weight excluding hydrogens is 472 g/mol. The third-order valence-electron chi connectivity index (χ3n) is 6.62. The number of allylic oxidation sites excluding steroid dienone is 1. The number of likely N-dealkylation sites (tertiary alicyclic amines) is 1. The summed E-state index contributed by atoms with van der Waals surface area (Å²) in [5.41, 5.74) is 4.18.